The average molecular weight is 400 g/mol. The Morgan fingerprint density at radius 3 is 2.55 bits per heavy atom. The molecule has 1 heterocycles. The fourth-order valence-electron chi connectivity index (χ4n) is 3.20. The van der Waals surface area contributed by atoms with E-state index >= 15 is 0 Å². The van der Waals surface area contributed by atoms with Gasteiger partial charge in [0.2, 0.25) is 11.8 Å². The van der Waals surface area contributed by atoms with Crippen LogP contribution in [-0.2, 0) is 9.59 Å². The summed E-state index contributed by atoms with van der Waals surface area (Å²) in [5, 5.41) is 5.80. The molecule has 0 radical (unpaired) electrons. The van der Waals surface area contributed by atoms with Crippen molar-refractivity contribution in [2.24, 2.45) is 0 Å². The van der Waals surface area contributed by atoms with Crippen molar-refractivity contribution in [1.82, 2.24) is 9.80 Å². The van der Waals surface area contributed by atoms with E-state index in [9.17, 15) is 14.0 Å². The summed E-state index contributed by atoms with van der Waals surface area (Å²) in [6.45, 7) is 2.71. The van der Waals surface area contributed by atoms with Gasteiger partial charge in [0.1, 0.15) is 11.6 Å². The van der Waals surface area contributed by atoms with Gasteiger partial charge in [0, 0.05) is 31.9 Å². The van der Waals surface area contributed by atoms with Crippen LogP contribution in [-0.4, -0.2) is 68.0 Å². The van der Waals surface area contributed by atoms with Gasteiger partial charge in [0.25, 0.3) is 0 Å². The lowest BCUT2D eigenvalue weighted by atomic mass is 10.2. The monoisotopic (exact) mass is 400 g/mol. The Bertz CT molecular complexity index is 853. The number of carbonyl (C=O) groups is 2. The van der Waals surface area contributed by atoms with E-state index in [-0.39, 0.29) is 24.9 Å². The van der Waals surface area contributed by atoms with Gasteiger partial charge in [-0.1, -0.05) is 18.2 Å². The molecule has 0 bridgehead atoms. The number of amides is 2. The van der Waals surface area contributed by atoms with E-state index in [1.165, 1.54) is 12.1 Å². The topological polar surface area (TPSA) is 73.9 Å². The summed E-state index contributed by atoms with van der Waals surface area (Å²) < 4.78 is 18.5. The summed E-state index contributed by atoms with van der Waals surface area (Å²) in [5.74, 6) is 0.0964. The Morgan fingerprint density at radius 1 is 1.07 bits per heavy atom. The molecule has 3 rings (SSSR count). The smallest absolute Gasteiger partial charge is 0.241 e. The van der Waals surface area contributed by atoms with Crippen LogP contribution in [0.1, 0.15) is 0 Å². The number of hydrogen-bond acceptors (Lipinski definition) is 5. The third-order valence-corrected chi connectivity index (χ3v) is 4.74. The predicted molar refractivity (Wildman–Crippen MR) is 110 cm³/mol. The molecular weight excluding hydrogens is 375 g/mol. The van der Waals surface area contributed by atoms with E-state index in [0.29, 0.717) is 37.6 Å². The molecule has 1 fully saturated rings. The summed E-state index contributed by atoms with van der Waals surface area (Å²) in [6, 6.07) is 13.2. The Hall–Kier alpha value is -3.13. The highest BCUT2D eigenvalue weighted by molar-refractivity contribution is 5.92. The molecule has 1 aliphatic heterocycles. The van der Waals surface area contributed by atoms with Crippen LogP contribution in [0.4, 0.5) is 15.8 Å². The number of nitrogens with one attached hydrogen (secondary N) is 2. The SMILES string of the molecule is COc1ccccc1NCC(=O)N1CCN(CC(=O)Nc2cccc(F)c2)CC1. The number of methoxy groups -OCH3 is 1. The van der Waals surface area contributed by atoms with Crippen molar-refractivity contribution in [2.75, 3.05) is 57.0 Å². The number of benzene rings is 2. The van der Waals surface area contributed by atoms with Gasteiger partial charge < -0.3 is 20.3 Å². The highest BCUT2D eigenvalue weighted by Gasteiger charge is 2.22. The first-order chi connectivity index (χ1) is 14.0. The van der Waals surface area contributed by atoms with E-state index < -0.39 is 5.82 Å². The second-order valence-electron chi connectivity index (χ2n) is 6.77. The maximum absolute atomic E-state index is 13.2. The van der Waals surface area contributed by atoms with Gasteiger partial charge in [-0.3, -0.25) is 14.5 Å². The molecule has 2 aromatic rings. The molecule has 1 aliphatic rings. The molecule has 8 heteroatoms. The number of carbonyl (C=O) groups excluding carboxylic acids is 2. The molecule has 0 unspecified atom stereocenters. The van der Waals surface area contributed by atoms with Crippen molar-refractivity contribution >= 4 is 23.2 Å². The number of piperazine rings is 1. The third-order valence-electron chi connectivity index (χ3n) is 4.74. The molecule has 0 spiro atoms. The molecule has 2 aromatic carbocycles. The van der Waals surface area contributed by atoms with Crippen LogP contribution in [0.2, 0.25) is 0 Å². The normalized spacial score (nSPS) is 14.3. The van der Waals surface area contributed by atoms with Crippen LogP contribution in [0.25, 0.3) is 0 Å². The predicted octanol–water partition coefficient (Wildman–Crippen LogP) is 2.03. The molecule has 0 aliphatic carbocycles. The summed E-state index contributed by atoms with van der Waals surface area (Å²) in [6.07, 6.45) is 0. The molecule has 0 aromatic heterocycles. The van der Waals surface area contributed by atoms with Gasteiger partial charge in [-0.05, 0) is 30.3 Å². The van der Waals surface area contributed by atoms with Gasteiger partial charge in [-0.15, -0.1) is 0 Å². The minimum Gasteiger partial charge on any atom is -0.495 e. The van der Waals surface area contributed by atoms with Crippen molar-refractivity contribution in [3.8, 4) is 5.75 Å². The van der Waals surface area contributed by atoms with Crippen molar-refractivity contribution in [3.63, 3.8) is 0 Å². The molecule has 7 nitrogen and oxygen atoms in total. The second kappa shape index (κ2) is 9.88. The van der Waals surface area contributed by atoms with E-state index in [1.54, 1.807) is 24.1 Å². The van der Waals surface area contributed by atoms with E-state index in [4.69, 9.17) is 4.74 Å². The standard InChI is InChI=1S/C21H25FN4O3/c1-29-19-8-3-2-7-18(19)23-14-21(28)26-11-9-25(10-12-26)15-20(27)24-17-6-4-5-16(22)13-17/h2-8,13,23H,9-12,14-15H2,1H3,(H,24,27). The summed E-state index contributed by atoms with van der Waals surface area (Å²) in [5.41, 5.74) is 1.21. The fourth-order valence-corrected chi connectivity index (χ4v) is 3.20. The highest BCUT2D eigenvalue weighted by atomic mass is 19.1. The average Bonchev–Trinajstić information content (AvgIpc) is 2.72. The Kier molecular flexibility index (Phi) is 7.02. The summed E-state index contributed by atoms with van der Waals surface area (Å²) in [7, 11) is 1.59. The quantitative estimate of drug-likeness (QED) is 0.744. The van der Waals surface area contributed by atoms with Gasteiger partial charge in [-0.25, -0.2) is 4.39 Å². The lowest BCUT2D eigenvalue weighted by molar-refractivity contribution is -0.131. The Labute approximate surface area is 169 Å². The maximum atomic E-state index is 13.2. The highest BCUT2D eigenvalue weighted by Crippen LogP contribution is 2.22. The number of nitrogens with zero attached hydrogens (tertiary/aromatic N) is 2. The maximum Gasteiger partial charge on any atom is 0.241 e. The number of para-hydroxylation sites is 2. The number of anilines is 2. The van der Waals surface area contributed by atoms with Gasteiger partial charge >= 0.3 is 0 Å². The fraction of sp³-hybridized carbons (Fsp3) is 0.333. The first-order valence-corrected chi connectivity index (χ1v) is 9.47. The van der Waals surface area contributed by atoms with Gasteiger partial charge in [-0.2, -0.15) is 0 Å². The molecule has 1 saturated heterocycles. The van der Waals surface area contributed by atoms with Gasteiger partial charge in [0.15, 0.2) is 0 Å². The van der Waals surface area contributed by atoms with Crippen molar-refractivity contribution in [1.29, 1.82) is 0 Å². The number of hydrogen-bond donors (Lipinski definition) is 2. The molecule has 2 N–H and O–H groups in total. The van der Waals surface area contributed by atoms with Crippen molar-refractivity contribution < 1.29 is 18.7 Å². The number of ether oxygens (including phenoxy) is 1. The molecular formula is C21H25FN4O3. The van der Waals surface area contributed by atoms with Crippen LogP contribution in [0.3, 0.4) is 0 Å². The zero-order valence-electron chi connectivity index (χ0n) is 16.4. The largest absolute Gasteiger partial charge is 0.495 e. The Balaban J connectivity index is 1.41. The summed E-state index contributed by atoms with van der Waals surface area (Å²) in [4.78, 5) is 28.4. The third kappa shape index (κ3) is 5.92. The van der Waals surface area contributed by atoms with Crippen LogP contribution in [0, 0.1) is 5.82 Å². The van der Waals surface area contributed by atoms with Crippen LogP contribution in [0.5, 0.6) is 5.75 Å². The summed E-state index contributed by atoms with van der Waals surface area (Å²) >= 11 is 0. The molecule has 154 valence electrons. The molecule has 29 heavy (non-hydrogen) atoms. The second-order valence-corrected chi connectivity index (χ2v) is 6.77. The molecule has 0 atom stereocenters. The molecule has 2 amide bonds. The Morgan fingerprint density at radius 2 is 1.83 bits per heavy atom. The van der Waals surface area contributed by atoms with Crippen LogP contribution in [0.15, 0.2) is 48.5 Å². The number of halogens is 1. The lowest BCUT2D eigenvalue weighted by Gasteiger charge is -2.34. The first kappa shape index (κ1) is 20.6. The lowest BCUT2D eigenvalue weighted by Crippen LogP contribution is -2.51. The van der Waals surface area contributed by atoms with E-state index in [0.717, 1.165) is 5.69 Å². The first-order valence-electron chi connectivity index (χ1n) is 9.47. The van der Waals surface area contributed by atoms with Crippen LogP contribution < -0.4 is 15.4 Å². The minimum absolute atomic E-state index is 0.000214. The number of rotatable bonds is 7. The van der Waals surface area contributed by atoms with E-state index in [2.05, 4.69) is 10.6 Å². The zero-order chi connectivity index (χ0) is 20.6. The van der Waals surface area contributed by atoms with E-state index in [1.807, 2.05) is 29.2 Å². The molecule has 0 saturated carbocycles. The van der Waals surface area contributed by atoms with Crippen LogP contribution >= 0.6 is 0 Å². The van der Waals surface area contributed by atoms with Crippen molar-refractivity contribution in [2.45, 2.75) is 0 Å². The minimum atomic E-state index is -0.392. The van der Waals surface area contributed by atoms with Gasteiger partial charge in [0.05, 0.1) is 25.9 Å². The van der Waals surface area contributed by atoms with Crippen molar-refractivity contribution in [3.05, 3.63) is 54.3 Å². The zero-order valence-corrected chi connectivity index (χ0v) is 16.4.